The molecule has 2 nitrogen and oxygen atoms in total. The smallest absolute Gasteiger partial charge is 0.0588 e. The Morgan fingerprint density at radius 3 is 2.50 bits per heavy atom. The van der Waals surface area contributed by atoms with Crippen LogP contribution in [0.15, 0.2) is 43.0 Å². The zero-order valence-electron chi connectivity index (χ0n) is 8.26. The van der Waals surface area contributed by atoms with E-state index >= 15 is 0 Å². The third kappa shape index (κ3) is 2.69. The molecule has 2 heteroatoms. The minimum atomic E-state index is -0.213. The zero-order chi connectivity index (χ0) is 10.4. The molecule has 0 saturated heterocycles. The van der Waals surface area contributed by atoms with Crippen molar-refractivity contribution in [2.45, 2.75) is 18.4 Å². The Labute approximate surface area is 85.1 Å². The number of aliphatic hydroxyl groups is 1. The summed E-state index contributed by atoms with van der Waals surface area (Å²) in [5, 5.41) is 9.03. The van der Waals surface area contributed by atoms with Crippen LogP contribution in [0.4, 0.5) is 0 Å². The van der Waals surface area contributed by atoms with Crippen LogP contribution in [-0.2, 0) is 0 Å². The van der Waals surface area contributed by atoms with Crippen molar-refractivity contribution in [2.24, 2.45) is 5.73 Å². The van der Waals surface area contributed by atoms with Gasteiger partial charge in [0.25, 0.3) is 0 Å². The van der Waals surface area contributed by atoms with Gasteiger partial charge < -0.3 is 10.8 Å². The average molecular weight is 191 g/mol. The number of rotatable bonds is 5. The normalized spacial score (nSPS) is 14.7. The van der Waals surface area contributed by atoms with E-state index in [0.717, 1.165) is 12.0 Å². The summed E-state index contributed by atoms with van der Waals surface area (Å²) >= 11 is 0. The van der Waals surface area contributed by atoms with E-state index in [4.69, 9.17) is 10.8 Å². The Kier molecular flexibility index (Phi) is 4.36. The Hall–Kier alpha value is -1.12. The fraction of sp³-hybridized carbons (Fsp3) is 0.333. The Morgan fingerprint density at radius 1 is 1.36 bits per heavy atom. The molecule has 76 valence electrons. The van der Waals surface area contributed by atoms with Gasteiger partial charge in [0.15, 0.2) is 0 Å². The van der Waals surface area contributed by atoms with E-state index in [1.165, 1.54) is 0 Å². The highest BCUT2D eigenvalue weighted by molar-refractivity contribution is 5.22. The second-order valence-electron chi connectivity index (χ2n) is 3.39. The molecule has 0 aliphatic rings. The SMILES string of the molecule is C=CC[C@@H](c1ccccc1)[C@H](N)CO. The van der Waals surface area contributed by atoms with E-state index in [9.17, 15) is 0 Å². The lowest BCUT2D eigenvalue weighted by Gasteiger charge is -2.21. The maximum absolute atomic E-state index is 9.03. The molecule has 0 unspecified atom stereocenters. The largest absolute Gasteiger partial charge is 0.395 e. The first-order valence-electron chi connectivity index (χ1n) is 4.82. The van der Waals surface area contributed by atoms with Gasteiger partial charge in [-0.05, 0) is 12.0 Å². The van der Waals surface area contributed by atoms with Crippen molar-refractivity contribution >= 4 is 0 Å². The molecule has 0 bridgehead atoms. The fourth-order valence-corrected chi connectivity index (χ4v) is 1.57. The van der Waals surface area contributed by atoms with E-state index in [-0.39, 0.29) is 18.6 Å². The lowest BCUT2D eigenvalue weighted by Crippen LogP contribution is -2.31. The van der Waals surface area contributed by atoms with E-state index in [2.05, 4.69) is 6.58 Å². The summed E-state index contributed by atoms with van der Waals surface area (Å²) in [6.45, 7) is 3.71. The summed E-state index contributed by atoms with van der Waals surface area (Å²) in [6, 6.07) is 9.78. The van der Waals surface area contributed by atoms with Gasteiger partial charge in [-0.15, -0.1) is 6.58 Å². The molecule has 0 amide bonds. The Bertz CT molecular complexity index is 271. The van der Waals surface area contributed by atoms with Crippen LogP contribution in [0.3, 0.4) is 0 Å². The quantitative estimate of drug-likeness (QED) is 0.695. The molecule has 2 atom stereocenters. The monoisotopic (exact) mass is 191 g/mol. The van der Waals surface area contributed by atoms with Crippen LogP contribution < -0.4 is 5.73 Å². The van der Waals surface area contributed by atoms with Gasteiger partial charge >= 0.3 is 0 Å². The maximum atomic E-state index is 9.03. The van der Waals surface area contributed by atoms with Crippen molar-refractivity contribution < 1.29 is 5.11 Å². The summed E-state index contributed by atoms with van der Waals surface area (Å²) in [5.74, 6) is 0.165. The summed E-state index contributed by atoms with van der Waals surface area (Å²) < 4.78 is 0. The highest BCUT2D eigenvalue weighted by Gasteiger charge is 2.17. The molecule has 0 fully saturated rings. The molecule has 0 aliphatic carbocycles. The van der Waals surface area contributed by atoms with Crippen LogP contribution in [0, 0.1) is 0 Å². The predicted molar refractivity (Wildman–Crippen MR) is 59.1 cm³/mol. The van der Waals surface area contributed by atoms with Crippen molar-refractivity contribution in [1.82, 2.24) is 0 Å². The summed E-state index contributed by atoms with van der Waals surface area (Å²) in [6.07, 6.45) is 2.64. The van der Waals surface area contributed by atoms with Crippen LogP contribution in [0.25, 0.3) is 0 Å². The van der Waals surface area contributed by atoms with Crippen molar-refractivity contribution in [3.05, 3.63) is 48.6 Å². The van der Waals surface area contributed by atoms with Crippen molar-refractivity contribution in [3.63, 3.8) is 0 Å². The van der Waals surface area contributed by atoms with Gasteiger partial charge in [0, 0.05) is 12.0 Å². The van der Waals surface area contributed by atoms with Crippen molar-refractivity contribution in [1.29, 1.82) is 0 Å². The molecular formula is C12H17NO. The third-order valence-electron chi connectivity index (χ3n) is 2.38. The topological polar surface area (TPSA) is 46.2 Å². The number of hydrogen-bond acceptors (Lipinski definition) is 2. The van der Waals surface area contributed by atoms with Crippen LogP contribution in [-0.4, -0.2) is 17.8 Å². The average Bonchev–Trinajstić information content (AvgIpc) is 2.26. The second kappa shape index (κ2) is 5.58. The van der Waals surface area contributed by atoms with E-state index in [1.54, 1.807) is 0 Å². The highest BCUT2D eigenvalue weighted by atomic mass is 16.3. The lowest BCUT2D eigenvalue weighted by molar-refractivity contribution is 0.248. The first kappa shape index (κ1) is 11.0. The molecule has 14 heavy (non-hydrogen) atoms. The number of aliphatic hydroxyl groups excluding tert-OH is 1. The lowest BCUT2D eigenvalue weighted by atomic mass is 9.89. The van der Waals surface area contributed by atoms with Gasteiger partial charge in [0.05, 0.1) is 6.61 Å². The summed E-state index contributed by atoms with van der Waals surface area (Å²) in [7, 11) is 0. The van der Waals surface area contributed by atoms with Gasteiger partial charge in [-0.1, -0.05) is 36.4 Å². The minimum Gasteiger partial charge on any atom is -0.395 e. The standard InChI is InChI=1S/C12H17NO/c1-2-6-11(12(13)9-14)10-7-4-3-5-8-10/h2-5,7-8,11-12,14H,1,6,9,13H2/t11-,12+/m0/s1. The van der Waals surface area contributed by atoms with E-state index < -0.39 is 0 Å². The zero-order valence-corrected chi connectivity index (χ0v) is 8.26. The first-order valence-corrected chi connectivity index (χ1v) is 4.82. The molecule has 0 radical (unpaired) electrons. The van der Waals surface area contributed by atoms with Crippen LogP contribution >= 0.6 is 0 Å². The molecule has 0 saturated carbocycles. The Balaban J connectivity index is 2.82. The van der Waals surface area contributed by atoms with Gasteiger partial charge in [-0.3, -0.25) is 0 Å². The van der Waals surface area contributed by atoms with Crippen molar-refractivity contribution in [3.8, 4) is 0 Å². The van der Waals surface area contributed by atoms with Gasteiger partial charge in [-0.2, -0.15) is 0 Å². The second-order valence-corrected chi connectivity index (χ2v) is 3.39. The number of hydrogen-bond donors (Lipinski definition) is 2. The van der Waals surface area contributed by atoms with E-state index in [0.29, 0.717) is 0 Å². The molecule has 1 aromatic carbocycles. The minimum absolute atomic E-state index is 0.00734. The highest BCUT2D eigenvalue weighted by Crippen LogP contribution is 2.22. The van der Waals surface area contributed by atoms with Crippen LogP contribution in [0.1, 0.15) is 17.9 Å². The fourth-order valence-electron chi connectivity index (χ4n) is 1.57. The predicted octanol–water partition coefficient (Wildman–Crippen LogP) is 1.67. The molecule has 0 spiro atoms. The molecule has 0 aromatic heterocycles. The number of nitrogens with two attached hydrogens (primary N) is 1. The Morgan fingerprint density at radius 2 is 2.00 bits per heavy atom. The number of allylic oxidation sites excluding steroid dienone is 1. The first-order chi connectivity index (χ1) is 6.79. The van der Waals surface area contributed by atoms with Crippen LogP contribution in [0.2, 0.25) is 0 Å². The molecule has 0 aliphatic heterocycles. The van der Waals surface area contributed by atoms with Gasteiger partial charge in [0.2, 0.25) is 0 Å². The molecule has 0 heterocycles. The number of benzene rings is 1. The van der Waals surface area contributed by atoms with Crippen LogP contribution in [0.5, 0.6) is 0 Å². The summed E-state index contributed by atoms with van der Waals surface area (Å²) in [5.41, 5.74) is 7.00. The molecular weight excluding hydrogens is 174 g/mol. The summed E-state index contributed by atoms with van der Waals surface area (Å²) in [4.78, 5) is 0. The van der Waals surface area contributed by atoms with Crippen molar-refractivity contribution in [2.75, 3.05) is 6.61 Å². The molecule has 3 N–H and O–H groups in total. The maximum Gasteiger partial charge on any atom is 0.0588 e. The third-order valence-corrected chi connectivity index (χ3v) is 2.38. The molecule has 1 rings (SSSR count). The van der Waals surface area contributed by atoms with E-state index in [1.807, 2.05) is 36.4 Å². The van der Waals surface area contributed by atoms with Gasteiger partial charge in [-0.25, -0.2) is 0 Å². The molecule has 1 aromatic rings. The van der Waals surface area contributed by atoms with Gasteiger partial charge in [0.1, 0.15) is 0 Å².